The molecule has 2 aromatic rings. The Bertz CT molecular complexity index is 571. The molecule has 1 unspecified atom stereocenters. The fourth-order valence-electron chi connectivity index (χ4n) is 1.94. The molecule has 0 bridgehead atoms. The predicted octanol–water partition coefficient (Wildman–Crippen LogP) is 3.40. The predicted molar refractivity (Wildman–Crippen MR) is 77.2 cm³/mol. The van der Waals surface area contributed by atoms with Crippen LogP contribution in [-0.4, -0.2) is 26.5 Å². The Morgan fingerprint density at radius 2 is 2.29 bits per heavy atom. The van der Waals surface area contributed by atoms with Crippen molar-refractivity contribution in [2.75, 3.05) is 12.0 Å². The molecule has 0 fully saturated rings. The molecule has 1 atom stereocenters. The van der Waals surface area contributed by atoms with Gasteiger partial charge in [0.05, 0.1) is 5.52 Å². The van der Waals surface area contributed by atoms with Crippen molar-refractivity contribution in [2.45, 2.75) is 20.4 Å². The average molecular weight is 267 g/mol. The SMILES string of the molecule is CSCC(C)Cn1c(=S)[nH]c2ccc(C)nc21. The molecule has 0 aromatic carbocycles. The van der Waals surface area contributed by atoms with E-state index in [1.165, 1.54) is 0 Å². The minimum atomic E-state index is 0.595. The minimum Gasteiger partial charge on any atom is -0.329 e. The van der Waals surface area contributed by atoms with Gasteiger partial charge in [-0.2, -0.15) is 11.8 Å². The van der Waals surface area contributed by atoms with Crippen LogP contribution in [0.15, 0.2) is 12.1 Å². The molecule has 3 nitrogen and oxygen atoms in total. The number of imidazole rings is 1. The van der Waals surface area contributed by atoms with Crippen molar-refractivity contribution in [3.8, 4) is 0 Å². The van der Waals surface area contributed by atoms with E-state index < -0.39 is 0 Å². The Labute approximate surface area is 111 Å². The number of hydrogen-bond acceptors (Lipinski definition) is 3. The lowest BCUT2D eigenvalue weighted by Gasteiger charge is -2.11. The maximum atomic E-state index is 5.36. The van der Waals surface area contributed by atoms with E-state index in [0.717, 1.165) is 33.9 Å². The van der Waals surface area contributed by atoms with Crippen LogP contribution in [0.5, 0.6) is 0 Å². The smallest absolute Gasteiger partial charge is 0.179 e. The monoisotopic (exact) mass is 267 g/mol. The van der Waals surface area contributed by atoms with Gasteiger partial charge in [0.15, 0.2) is 10.4 Å². The lowest BCUT2D eigenvalue weighted by atomic mass is 10.2. The first-order chi connectivity index (χ1) is 8.11. The number of nitrogens with zero attached hydrogens (tertiary/aromatic N) is 2. The number of aryl methyl sites for hydroxylation is 1. The summed E-state index contributed by atoms with van der Waals surface area (Å²) in [5.74, 6) is 1.73. The summed E-state index contributed by atoms with van der Waals surface area (Å²) >= 11 is 7.23. The maximum Gasteiger partial charge on any atom is 0.179 e. The second-order valence-electron chi connectivity index (χ2n) is 4.43. The molecule has 0 aliphatic rings. The first kappa shape index (κ1) is 12.6. The second-order valence-corrected chi connectivity index (χ2v) is 5.72. The van der Waals surface area contributed by atoms with Crippen LogP contribution in [0.4, 0.5) is 0 Å². The van der Waals surface area contributed by atoms with Crippen LogP contribution in [0.2, 0.25) is 0 Å². The van der Waals surface area contributed by atoms with Gasteiger partial charge in [0.25, 0.3) is 0 Å². The third-order valence-corrected chi connectivity index (χ3v) is 3.93. The van der Waals surface area contributed by atoms with E-state index >= 15 is 0 Å². The zero-order valence-corrected chi connectivity index (χ0v) is 12.0. The third kappa shape index (κ3) is 2.72. The Morgan fingerprint density at radius 1 is 1.53 bits per heavy atom. The number of nitrogens with one attached hydrogen (secondary N) is 1. The van der Waals surface area contributed by atoms with E-state index in [9.17, 15) is 0 Å². The Balaban J connectivity index is 2.42. The van der Waals surface area contributed by atoms with Crippen LogP contribution in [-0.2, 0) is 6.54 Å². The van der Waals surface area contributed by atoms with Gasteiger partial charge in [0.2, 0.25) is 0 Å². The molecule has 2 rings (SSSR count). The summed E-state index contributed by atoms with van der Waals surface area (Å²) in [4.78, 5) is 7.78. The summed E-state index contributed by atoms with van der Waals surface area (Å²) in [5, 5.41) is 0. The fourth-order valence-corrected chi connectivity index (χ4v) is 2.89. The van der Waals surface area contributed by atoms with E-state index in [1.54, 1.807) is 0 Å². The molecule has 0 aliphatic heterocycles. The van der Waals surface area contributed by atoms with Crippen molar-refractivity contribution in [2.24, 2.45) is 5.92 Å². The van der Waals surface area contributed by atoms with Gasteiger partial charge in [0.1, 0.15) is 0 Å². The zero-order chi connectivity index (χ0) is 12.4. The van der Waals surface area contributed by atoms with Crippen LogP contribution in [0, 0.1) is 17.6 Å². The molecule has 17 heavy (non-hydrogen) atoms. The quantitative estimate of drug-likeness (QED) is 0.862. The highest BCUT2D eigenvalue weighted by molar-refractivity contribution is 7.98. The molecule has 0 saturated heterocycles. The molecule has 0 amide bonds. The van der Waals surface area contributed by atoms with E-state index in [2.05, 4.69) is 27.7 Å². The Kier molecular flexibility index (Phi) is 3.89. The van der Waals surface area contributed by atoms with Gasteiger partial charge in [-0.3, -0.25) is 0 Å². The molecular weight excluding hydrogens is 250 g/mol. The molecule has 0 aliphatic carbocycles. The van der Waals surface area contributed by atoms with Crippen molar-refractivity contribution < 1.29 is 0 Å². The topological polar surface area (TPSA) is 33.6 Å². The summed E-state index contributed by atoms with van der Waals surface area (Å²) in [6, 6.07) is 4.05. The number of H-pyrrole nitrogens is 1. The molecule has 92 valence electrons. The van der Waals surface area contributed by atoms with Crippen molar-refractivity contribution in [3.63, 3.8) is 0 Å². The molecular formula is C12H17N3S2. The van der Waals surface area contributed by atoms with Gasteiger partial charge in [-0.25, -0.2) is 4.98 Å². The molecule has 1 N–H and O–H groups in total. The van der Waals surface area contributed by atoms with Gasteiger partial charge < -0.3 is 9.55 Å². The number of thioether (sulfide) groups is 1. The van der Waals surface area contributed by atoms with Crippen molar-refractivity contribution in [1.82, 2.24) is 14.5 Å². The van der Waals surface area contributed by atoms with Crippen molar-refractivity contribution in [1.29, 1.82) is 0 Å². The number of aromatic nitrogens is 3. The number of pyridine rings is 1. The van der Waals surface area contributed by atoms with Crippen LogP contribution in [0.25, 0.3) is 11.2 Å². The molecule has 0 radical (unpaired) electrons. The maximum absolute atomic E-state index is 5.36. The highest BCUT2D eigenvalue weighted by Gasteiger charge is 2.09. The summed E-state index contributed by atoms with van der Waals surface area (Å²) in [5.41, 5.74) is 3.03. The van der Waals surface area contributed by atoms with E-state index in [1.807, 2.05) is 30.8 Å². The summed E-state index contributed by atoms with van der Waals surface area (Å²) < 4.78 is 2.88. The normalized spacial score (nSPS) is 13.1. The standard InChI is InChI=1S/C12H17N3S2/c1-8(7-17-3)6-15-11-10(14-12(15)16)5-4-9(2)13-11/h4-5,8H,6-7H2,1-3H3,(H,14,16). The first-order valence-corrected chi connectivity index (χ1v) is 7.47. The Hall–Kier alpha value is -0.810. The summed E-state index contributed by atoms with van der Waals surface area (Å²) in [6.07, 6.45) is 2.13. The second kappa shape index (κ2) is 5.23. The number of rotatable bonds is 4. The number of aromatic amines is 1. The summed E-state index contributed by atoms with van der Waals surface area (Å²) in [6.45, 7) is 5.17. The molecule has 0 spiro atoms. The third-order valence-electron chi connectivity index (χ3n) is 2.70. The molecule has 0 saturated carbocycles. The fraction of sp³-hybridized carbons (Fsp3) is 0.500. The highest BCUT2D eigenvalue weighted by Crippen LogP contribution is 2.15. The largest absolute Gasteiger partial charge is 0.329 e. The number of hydrogen-bond donors (Lipinski definition) is 1. The van der Waals surface area contributed by atoms with Crippen molar-refractivity contribution >= 4 is 35.1 Å². The lowest BCUT2D eigenvalue weighted by Crippen LogP contribution is -2.10. The van der Waals surface area contributed by atoms with Gasteiger partial charge in [-0.05, 0) is 49.2 Å². The van der Waals surface area contributed by atoms with E-state index in [-0.39, 0.29) is 0 Å². The van der Waals surface area contributed by atoms with Crippen molar-refractivity contribution in [3.05, 3.63) is 22.6 Å². The first-order valence-electron chi connectivity index (χ1n) is 5.67. The van der Waals surface area contributed by atoms with E-state index in [4.69, 9.17) is 12.2 Å². The molecule has 2 heterocycles. The van der Waals surface area contributed by atoms with Gasteiger partial charge in [-0.1, -0.05) is 6.92 Å². The van der Waals surface area contributed by atoms with Crippen LogP contribution in [0.3, 0.4) is 0 Å². The zero-order valence-electron chi connectivity index (χ0n) is 10.4. The van der Waals surface area contributed by atoms with Gasteiger partial charge >= 0.3 is 0 Å². The average Bonchev–Trinajstić information content (AvgIpc) is 2.56. The summed E-state index contributed by atoms with van der Waals surface area (Å²) in [7, 11) is 0. The van der Waals surface area contributed by atoms with Gasteiger partial charge in [-0.15, -0.1) is 0 Å². The molecule has 5 heteroatoms. The van der Waals surface area contributed by atoms with Crippen LogP contribution < -0.4 is 0 Å². The number of fused-ring (bicyclic) bond motifs is 1. The minimum absolute atomic E-state index is 0.595. The van der Waals surface area contributed by atoms with Crippen LogP contribution >= 0.6 is 24.0 Å². The van der Waals surface area contributed by atoms with Gasteiger partial charge in [0, 0.05) is 12.2 Å². The lowest BCUT2D eigenvalue weighted by molar-refractivity contribution is 0.534. The Morgan fingerprint density at radius 3 is 3.00 bits per heavy atom. The van der Waals surface area contributed by atoms with E-state index in [0.29, 0.717) is 5.92 Å². The molecule has 2 aromatic heterocycles. The van der Waals surface area contributed by atoms with Crippen LogP contribution in [0.1, 0.15) is 12.6 Å². The highest BCUT2D eigenvalue weighted by atomic mass is 32.2.